The van der Waals surface area contributed by atoms with Gasteiger partial charge in [-0.25, -0.2) is 9.97 Å². The number of ether oxygens (including phenoxy) is 1. The van der Waals surface area contributed by atoms with Gasteiger partial charge in [-0.05, 0) is 35.8 Å². The van der Waals surface area contributed by atoms with Crippen LogP contribution in [0.2, 0.25) is 0 Å². The van der Waals surface area contributed by atoms with Crippen molar-refractivity contribution in [2.24, 2.45) is 11.8 Å². The molecule has 2 aromatic rings. The molecule has 21 heavy (non-hydrogen) atoms. The second-order valence-electron chi connectivity index (χ2n) is 5.73. The molecule has 0 bridgehead atoms. The number of Topliss-reactive ketones (excluding diaryl/α,β-unsaturated/α-hetero) is 1. The van der Waals surface area contributed by atoms with Gasteiger partial charge in [-0.1, -0.05) is 24.3 Å². The molecule has 0 aliphatic heterocycles. The molecule has 0 spiro atoms. The third-order valence-electron chi connectivity index (χ3n) is 4.72. The van der Waals surface area contributed by atoms with E-state index in [4.69, 9.17) is 4.74 Å². The van der Waals surface area contributed by atoms with Crippen molar-refractivity contribution in [1.82, 2.24) is 9.97 Å². The maximum Gasteiger partial charge on any atom is 0.243 e. The van der Waals surface area contributed by atoms with Crippen molar-refractivity contribution in [2.75, 3.05) is 7.11 Å². The van der Waals surface area contributed by atoms with Gasteiger partial charge in [0.25, 0.3) is 0 Å². The summed E-state index contributed by atoms with van der Waals surface area (Å²) in [6.45, 7) is 0. The SMILES string of the molecule is COc1nccnc1C(=O)C1C2CCc3ccccc3C21. The monoisotopic (exact) mass is 280 g/mol. The lowest BCUT2D eigenvalue weighted by atomic mass is 9.92. The Labute approximate surface area is 123 Å². The third kappa shape index (κ3) is 1.86. The van der Waals surface area contributed by atoms with Crippen molar-refractivity contribution in [1.29, 1.82) is 0 Å². The smallest absolute Gasteiger partial charge is 0.243 e. The van der Waals surface area contributed by atoms with Gasteiger partial charge in [0.2, 0.25) is 5.88 Å². The number of hydrogen-bond acceptors (Lipinski definition) is 4. The summed E-state index contributed by atoms with van der Waals surface area (Å²) in [6, 6.07) is 8.47. The average molecular weight is 280 g/mol. The highest BCUT2D eigenvalue weighted by molar-refractivity contribution is 6.01. The molecule has 2 aliphatic rings. The zero-order valence-electron chi connectivity index (χ0n) is 11.8. The molecule has 0 radical (unpaired) electrons. The Kier molecular flexibility index (Phi) is 2.77. The van der Waals surface area contributed by atoms with E-state index >= 15 is 0 Å². The number of hydrogen-bond donors (Lipinski definition) is 0. The van der Waals surface area contributed by atoms with E-state index in [0.717, 1.165) is 12.8 Å². The molecule has 0 N–H and O–H groups in total. The highest BCUT2D eigenvalue weighted by atomic mass is 16.5. The Bertz CT molecular complexity index is 713. The molecule has 1 heterocycles. The van der Waals surface area contributed by atoms with Crippen LogP contribution in [0.5, 0.6) is 5.88 Å². The van der Waals surface area contributed by atoms with Crippen molar-refractivity contribution >= 4 is 5.78 Å². The summed E-state index contributed by atoms with van der Waals surface area (Å²) in [5.41, 5.74) is 3.10. The molecule has 3 unspecified atom stereocenters. The zero-order valence-corrected chi connectivity index (χ0v) is 11.8. The minimum atomic E-state index is 0.0410. The normalized spacial score (nSPS) is 25.7. The average Bonchev–Trinajstić information content (AvgIpc) is 3.29. The minimum absolute atomic E-state index is 0.0410. The second-order valence-corrected chi connectivity index (χ2v) is 5.73. The van der Waals surface area contributed by atoms with Crippen LogP contribution in [0.25, 0.3) is 0 Å². The second kappa shape index (κ2) is 4.65. The Balaban J connectivity index is 1.67. The molecule has 3 atom stereocenters. The lowest BCUT2D eigenvalue weighted by molar-refractivity contribution is 0.0950. The van der Waals surface area contributed by atoms with Crippen LogP contribution >= 0.6 is 0 Å². The maximum atomic E-state index is 12.8. The molecule has 4 nitrogen and oxygen atoms in total. The van der Waals surface area contributed by atoms with E-state index in [9.17, 15) is 4.79 Å². The van der Waals surface area contributed by atoms with Crippen LogP contribution in [-0.4, -0.2) is 22.9 Å². The van der Waals surface area contributed by atoms with Crippen LogP contribution in [0.4, 0.5) is 0 Å². The van der Waals surface area contributed by atoms with Crippen molar-refractivity contribution < 1.29 is 9.53 Å². The summed E-state index contributed by atoms with van der Waals surface area (Å²) < 4.78 is 5.17. The lowest BCUT2D eigenvalue weighted by Crippen LogP contribution is -2.09. The van der Waals surface area contributed by atoms with E-state index in [0.29, 0.717) is 23.4 Å². The molecule has 106 valence electrons. The number of carbonyl (C=O) groups is 1. The highest BCUT2D eigenvalue weighted by Gasteiger charge is 2.57. The topological polar surface area (TPSA) is 52.1 Å². The fourth-order valence-electron chi connectivity index (χ4n) is 3.73. The van der Waals surface area contributed by atoms with Crippen molar-refractivity contribution in [3.8, 4) is 5.88 Å². The van der Waals surface area contributed by atoms with Gasteiger partial charge in [0.1, 0.15) is 0 Å². The summed E-state index contributed by atoms with van der Waals surface area (Å²) in [6.07, 6.45) is 5.25. The van der Waals surface area contributed by atoms with Gasteiger partial charge in [-0.3, -0.25) is 4.79 Å². The number of rotatable bonds is 3. The first kappa shape index (κ1) is 12.5. The van der Waals surface area contributed by atoms with Gasteiger partial charge in [0.05, 0.1) is 7.11 Å². The molecule has 1 aromatic heterocycles. The Hall–Kier alpha value is -2.23. The Morgan fingerprint density at radius 2 is 2.05 bits per heavy atom. The molecule has 4 rings (SSSR count). The predicted octanol–water partition coefficient (Wildman–Crippen LogP) is 2.64. The standard InChI is InChI=1S/C17H16N2O2/c1-21-17-15(18-8-9-19-17)16(20)14-12-7-6-10-4-2-3-5-11(10)13(12)14/h2-5,8-9,12-14H,6-7H2,1H3. The number of aryl methyl sites for hydroxylation is 1. The Morgan fingerprint density at radius 3 is 2.90 bits per heavy atom. The quantitative estimate of drug-likeness (QED) is 0.811. The maximum absolute atomic E-state index is 12.8. The summed E-state index contributed by atoms with van der Waals surface area (Å²) in [7, 11) is 1.52. The van der Waals surface area contributed by atoms with Crippen LogP contribution in [0.1, 0.15) is 34.0 Å². The number of nitrogens with zero attached hydrogens (tertiary/aromatic N) is 2. The number of ketones is 1. The largest absolute Gasteiger partial charge is 0.479 e. The van der Waals surface area contributed by atoms with Crippen LogP contribution in [-0.2, 0) is 6.42 Å². The van der Waals surface area contributed by atoms with Gasteiger partial charge in [-0.2, -0.15) is 0 Å². The molecular weight excluding hydrogens is 264 g/mol. The van der Waals surface area contributed by atoms with Crippen molar-refractivity contribution in [3.63, 3.8) is 0 Å². The van der Waals surface area contributed by atoms with Gasteiger partial charge in [-0.15, -0.1) is 0 Å². The van der Waals surface area contributed by atoms with Crippen LogP contribution < -0.4 is 4.74 Å². The first-order valence-corrected chi connectivity index (χ1v) is 7.28. The van der Waals surface area contributed by atoms with E-state index in [1.807, 2.05) is 0 Å². The number of carbonyl (C=O) groups excluding carboxylic acids is 1. The van der Waals surface area contributed by atoms with Crippen LogP contribution in [0.15, 0.2) is 36.7 Å². The van der Waals surface area contributed by atoms with Crippen molar-refractivity contribution in [2.45, 2.75) is 18.8 Å². The summed E-state index contributed by atoms with van der Waals surface area (Å²) >= 11 is 0. The first-order valence-electron chi connectivity index (χ1n) is 7.28. The van der Waals surface area contributed by atoms with E-state index in [1.54, 1.807) is 12.4 Å². The fraction of sp³-hybridized carbons (Fsp3) is 0.353. The van der Waals surface area contributed by atoms with Gasteiger partial charge >= 0.3 is 0 Å². The van der Waals surface area contributed by atoms with Gasteiger partial charge < -0.3 is 4.74 Å². The highest BCUT2D eigenvalue weighted by Crippen LogP contribution is 2.60. The van der Waals surface area contributed by atoms with Crippen molar-refractivity contribution in [3.05, 3.63) is 53.5 Å². The van der Waals surface area contributed by atoms with Gasteiger partial charge in [0, 0.05) is 18.3 Å². The number of methoxy groups -OCH3 is 1. The molecule has 0 amide bonds. The molecular formula is C17H16N2O2. The first-order chi connectivity index (χ1) is 10.3. The van der Waals surface area contributed by atoms with E-state index in [2.05, 4.69) is 34.2 Å². The number of fused-ring (bicyclic) bond motifs is 3. The molecule has 2 aliphatic carbocycles. The molecule has 0 saturated heterocycles. The lowest BCUT2D eigenvalue weighted by Gasteiger charge is -2.13. The Morgan fingerprint density at radius 1 is 1.24 bits per heavy atom. The fourth-order valence-corrected chi connectivity index (χ4v) is 3.73. The summed E-state index contributed by atoms with van der Waals surface area (Å²) in [4.78, 5) is 21.1. The van der Waals surface area contributed by atoms with E-state index < -0.39 is 0 Å². The number of benzene rings is 1. The third-order valence-corrected chi connectivity index (χ3v) is 4.72. The zero-order chi connectivity index (χ0) is 14.4. The summed E-state index contributed by atoms with van der Waals surface area (Å²) in [5.74, 6) is 1.26. The molecule has 1 saturated carbocycles. The van der Waals surface area contributed by atoms with Crippen LogP contribution in [0, 0.1) is 11.8 Å². The van der Waals surface area contributed by atoms with E-state index in [1.165, 1.54) is 18.2 Å². The summed E-state index contributed by atoms with van der Waals surface area (Å²) in [5, 5.41) is 0. The molecule has 4 heteroatoms. The minimum Gasteiger partial charge on any atom is -0.479 e. The van der Waals surface area contributed by atoms with Gasteiger partial charge in [0.15, 0.2) is 11.5 Å². The molecule has 1 fully saturated rings. The number of aromatic nitrogens is 2. The van der Waals surface area contributed by atoms with Crippen LogP contribution in [0.3, 0.4) is 0 Å². The molecule has 1 aromatic carbocycles. The predicted molar refractivity (Wildman–Crippen MR) is 77.4 cm³/mol. The van der Waals surface area contributed by atoms with E-state index in [-0.39, 0.29) is 11.7 Å².